The van der Waals surface area contributed by atoms with Gasteiger partial charge < -0.3 is 14.4 Å². The Labute approximate surface area is 122 Å². The van der Waals surface area contributed by atoms with Crippen molar-refractivity contribution in [2.45, 2.75) is 19.8 Å². The first kappa shape index (κ1) is 15.1. The number of hydrogen-bond acceptors (Lipinski definition) is 2. The molecule has 1 heterocycles. The maximum absolute atomic E-state index is 5.94. The van der Waals surface area contributed by atoms with E-state index in [2.05, 4.69) is 31.7 Å². The van der Waals surface area contributed by atoms with Gasteiger partial charge in [0.1, 0.15) is 18.8 Å². The molecule has 1 aliphatic heterocycles. The number of benzene rings is 1. The van der Waals surface area contributed by atoms with E-state index in [4.69, 9.17) is 9.47 Å². The van der Waals surface area contributed by atoms with Crippen LogP contribution in [-0.2, 0) is 11.2 Å². The number of quaternary nitrogens is 1. The third-order valence-corrected chi connectivity index (χ3v) is 3.71. The summed E-state index contributed by atoms with van der Waals surface area (Å²) in [6.45, 7) is 11.9. The van der Waals surface area contributed by atoms with Gasteiger partial charge in [-0.2, -0.15) is 0 Å². The van der Waals surface area contributed by atoms with E-state index in [-0.39, 0.29) is 0 Å². The molecule has 0 aromatic heterocycles. The first-order valence-corrected chi connectivity index (χ1v) is 7.54. The van der Waals surface area contributed by atoms with Crippen molar-refractivity contribution in [3.63, 3.8) is 0 Å². The van der Waals surface area contributed by atoms with Gasteiger partial charge in [0.05, 0.1) is 26.4 Å². The minimum Gasteiger partial charge on any atom is -0.493 e. The van der Waals surface area contributed by atoms with E-state index < -0.39 is 0 Å². The SMILES string of the molecule is C=CCc1cc(C)ccc1OCCC[NH+]1CCOCC1. The molecule has 0 spiro atoms. The summed E-state index contributed by atoms with van der Waals surface area (Å²) >= 11 is 0. The molecule has 20 heavy (non-hydrogen) atoms. The molecule has 0 radical (unpaired) electrons. The molecule has 0 amide bonds. The summed E-state index contributed by atoms with van der Waals surface area (Å²) in [6.07, 6.45) is 3.89. The van der Waals surface area contributed by atoms with Crippen molar-refractivity contribution < 1.29 is 14.4 Å². The fourth-order valence-electron chi connectivity index (χ4n) is 2.58. The third kappa shape index (κ3) is 4.66. The van der Waals surface area contributed by atoms with Gasteiger partial charge in [-0.3, -0.25) is 0 Å². The van der Waals surface area contributed by atoms with Gasteiger partial charge in [0.2, 0.25) is 0 Å². The van der Waals surface area contributed by atoms with Crippen LogP contribution in [0, 0.1) is 6.92 Å². The lowest BCUT2D eigenvalue weighted by Crippen LogP contribution is -3.14. The molecule has 0 saturated carbocycles. The number of morpholine rings is 1. The van der Waals surface area contributed by atoms with Gasteiger partial charge in [0, 0.05) is 6.42 Å². The molecule has 3 heteroatoms. The normalized spacial score (nSPS) is 16.1. The zero-order valence-electron chi connectivity index (χ0n) is 12.5. The van der Waals surface area contributed by atoms with E-state index in [1.54, 1.807) is 4.90 Å². The van der Waals surface area contributed by atoms with Crippen LogP contribution in [0.1, 0.15) is 17.5 Å². The van der Waals surface area contributed by atoms with Crippen LogP contribution in [0.5, 0.6) is 5.75 Å². The smallest absolute Gasteiger partial charge is 0.122 e. The van der Waals surface area contributed by atoms with E-state index in [0.29, 0.717) is 0 Å². The van der Waals surface area contributed by atoms with Gasteiger partial charge in [-0.1, -0.05) is 23.8 Å². The van der Waals surface area contributed by atoms with Crippen LogP contribution in [0.2, 0.25) is 0 Å². The van der Waals surface area contributed by atoms with Crippen molar-refractivity contribution in [2.75, 3.05) is 39.5 Å². The number of nitrogens with one attached hydrogen (secondary N) is 1. The highest BCUT2D eigenvalue weighted by atomic mass is 16.5. The first-order chi connectivity index (χ1) is 9.79. The Bertz CT molecular complexity index is 425. The number of aryl methyl sites for hydroxylation is 1. The second-order valence-electron chi connectivity index (χ2n) is 5.42. The Balaban J connectivity index is 1.76. The molecule has 1 aromatic carbocycles. The minimum absolute atomic E-state index is 0.789. The number of rotatable bonds is 7. The number of hydrogen-bond donors (Lipinski definition) is 1. The summed E-state index contributed by atoms with van der Waals surface area (Å²) in [5.74, 6) is 1.01. The molecule has 0 bridgehead atoms. The molecule has 1 aliphatic rings. The summed E-state index contributed by atoms with van der Waals surface area (Å²) in [5.41, 5.74) is 2.51. The summed E-state index contributed by atoms with van der Waals surface area (Å²) in [4.78, 5) is 1.63. The van der Waals surface area contributed by atoms with E-state index in [0.717, 1.165) is 51.5 Å². The molecular formula is C17H26NO2+. The van der Waals surface area contributed by atoms with E-state index in [1.165, 1.54) is 17.7 Å². The summed E-state index contributed by atoms with van der Waals surface area (Å²) < 4.78 is 11.3. The Kier molecular flexibility index (Phi) is 6.09. The average molecular weight is 276 g/mol. The van der Waals surface area contributed by atoms with Crippen molar-refractivity contribution in [3.8, 4) is 5.75 Å². The zero-order valence-corrected chi connectivity index (χ0v) is 12.5. The van der Waals surface area contributed by atoms with Crippen LogP contribution in [0.4, 0.5) is 0 Å². The highest BCUT2D eigenvalue weighted by molar-refractivity contribution is 5.38. The first-order valence-electron chi connectivity index (χ1n) is 7.54. The van der Waals surface area contributed by atoms with Gasteiger partial charge in [-0.15, -0.1) is 6.58 Å². The lowest BCUT2D eigenvalue weighted by molar-refractivity contribution is -0.908. The Hall–Kier alpha value is -1.32. The van der Waals surface area contributed by atoms with Gasteiger partial charge in [-0.25, -0.2) is 0 Å². The summed E-state index contributed by atoms with van der Waals surface area (Å²) in [5, 5.41) is 0. The minimum atomic E-state index is 0.789. The second-order valence-corrected chi connectivity index (χ2v) is 5.42. The van der Waals surface area contributed by atoms with Gasteiger partial charge >= 0.3 is 0 Å². The second kappa shape index (κ2) is 8.08. The third-order valence-electron chi connectivity index (χ3n) is 3.71. The summed E-state index contributed by atoms with van der Waals surface area (Å²) in [6, 6.07) is 6.37. The molecule has 1 fully saturated rings. The predicted molar refractivity (Wildman–Crippen MR) is 81.6 cm³/mol. The van der Waals surface area contributed by atoms with Crippen molar-refractivity contribution in [1.82, 2.24) is 0 Å². The molecule has 2 rings (SSSR count). The molecule has 3 nitrogen and oxygen atoms in total. The topological polar surface area (TPSA) is 22.9 Å². The Morgan fingerprint density at radius 2 is 2.15 bits per heavy atom. The molecule has 0 aliphatic carbocycles. The van der Waals surface area contributed by atoms with Gasteiger partial charge in [0.25, 0.3) is 0 Å². The molecule has 1 saturated heterocycles. The largest absolute Gasteiger partial charge is 0.493 e. The molecule has 0 unspecified atom stereocenters. The summed E-state index contributed by atoms with van der Waals surface area (Å²) in [7, 11) is 0. The van der Waals surface area contributed by atoms with Crippen molar-refractivity contribution >= 4 is 0 Å². The molecule has 1 aromatic rings. The van der Waals surface area contributed by atoms with Crippen LogP contribution < -0.4 is 9.64 Å². The molecule has 1 N–H and O–H groups in total. The van der Waals surface area contributed by atoms with Crippen LogP contribution in [-0.4, -0.2) is 39.5 Å². The monoisotopic (exact) mass is 276 g/mol. The quantitative estimate of drug-likeness (QED) is 0.601. The van der Waals surface area contributed by atoms with Crippen LogP contribution in [0.15, 0.2) is 30.9 Å². The fourth-order valence-corrected chi connectivity index (χ4v) is 2.58. The Morgan fingerprint density at radius 3 is 2.90 bits per heavy atom. The highest BCUT2D eigenvalue weighted by Gasteiger charge is 2.13. The van der Waals surface area contributed by atoms with Crippen molar-refractivity contribution in [2.24, 2.45) is 0 Å². The molecular weight excluding hydrogens is 250 g/mol. The van der Waals surface area contributed by atoms with Crippen molar-refractivity contribution in [1.29, 1.82) is 0 Å². The lowest BCUT2D eigenvalue weighted by atomic mass is 10.1. The Morgan fingerprint density at radius 1 is 1.35 bits per heavy atom. The van der Waals surface area contributed by atoms with Crippen molar-refractivity contribution in [3.05, 3.63) is 42.0 Å². The van der Waals surface area contributed by atoms with E-state index in [9.17, 15) is 0 Å². The average Bonchev–Trinajstić information content (AvgIpc) is 2.47. The van der Waals surface area contributed by atoms with Gasteiger partial charge in [0.15, 0.2) is 0 Å². The number of allylic oxidation sites excluding steroid dienone is 1. The van der Waals surface area contributed by atoms with Crippen LogP contribution in [0.25, 0.3) is 0 Å². The molecule has 0 atom stereocenters. The maximum atomic E-state index is 5.94. The van der Waals surface area contributed by atoms with E-state index in [1.807, 2.05) is 6.08 Å². The standard InChI is InChI=1S/C17H25NO2/c1-3-5-16-14-15(2)6-7-17(16)20-11-4-8-18-9-12-19-13-10-18/h3,6-7,14H,1,4-5,8-13H2,2H3/p+1. The maximum Gasteiger partial charge on any atom is 0.122 e. The van der Waals surface area contributed by atoms with Crippen LogP contribution in [0.3, 0.4) is 0 Å². The lowest BCUT2D eigenvalue weighted by Gasteiger charge is -2.23. The zero-order chi connectivity index (χ0) is 14.2. The van der Waals surface area contributed by atoms with E-state index >= 15 is 0 Å². The number of ether oxygens (including phenoxy) is 2. The highest BCUT2D eigenvalue weighted by Crippen LogP contribution is 2.21. The predicted octanol–water partition coefficient (Wildman–Crippen LogP) is 1.41. The van der Waals surface area contributed by atoms with Crippen LogP contribution >= 0.6 is 0 Å². The molecule has 110 valence electrons. The van der Waals surface area contributed by atoms with Gasteiger partial charge in [-0.05, 0) is 25.0 Å². The fraction of sp³-hybridized carbons (Fsp3) is 0.529.